The van der Waals surface area contributed by atoms with Gasteiger partial charge in [0.05, 0.1) is 12.5 Å². The van der Waals surface area contributed by atoms with Gasteiger partial charge in [-0.1, -0.05) is 23.7 Å². The highest BCUT2D eigenvalue weighted by molar-refractivity contribution is 7.90. The summed E-state index contributed by atoms with van der Waals surface area (Å²) in [5.74, 6) is -0.000217. The SMILES string of the molecule is COc1cc(C(C)=O)ccc1OS(=O)(=O)/C=C/c1ccc(Cl)cc1. The van der Waals surface area contributed by atoms with E-state index in [9.17, 15) is 13.2 Å². The zero-order chi connectivity index (χ0) is 17.7. The van der Waals surface area contributed by atoms with Gasteiger partial charge in [-0.2, -0.15) is 8.42 Å². The number of carbonyl (C=O) groups excluding carboxylic acids is 1. The van der Waals surface area contributed by atoms with Crippen LogP contribution in [0.4, 0.5) is 0 Å². The molecule has 24 heavy (non-hydrogen) atoms. The Morgan fingerprint density at radius 1 is 1.08 bits per heavy atom. The number of methoxy groups -OCH3 is 1. The number of Topliss-reactive ketones (excluding diaryl/α,β-unsaturated/α-hetero) is 1. The maximum Gasteiger partial charge on any atom is 0.332 e. The van der Waals surface area contributed by atoms with Crippen molar-refractivity contribution in [2.24, 2.45) is 0 Å². The topological polar surface area (TPSA) is 69.7 Å². The van der Waals surface area contributed by atoms with E-state index in [2.05, 4.69) is 0 Å². The van der Waals surface area contributed by atoms with E-state index in [0.29, 0.717) is 16.1 Å². The molecule has 0 aliphatic carbocycles. The summed E-state index contributed by atoms with van der Waals surface area (Å²) in [6.07, 6.45) is 1.39. The molecule has 0 aliphatic heterocycles. The van der Waals surface area contributed by atoms with Gasteiger partial charge < -0.3 is 8.92 Å². The number of ketones is 1. The highest BCUT2D eigenvalue weighted by Crippen LogP contribution is 2.29. The third-order valence-electron chi connectivity index (χ3n) is 3.07. The predicted octanol–water partition coefficient (Wildman–Crippen LogP) is 3.93. The second-order valence-electron chi connectivity index (χ2n) is 4.85. The van der Waals surface area contributed by atoms with Crippen molar-refractivity contribution in [2.45, 2.75) is 6.92 Å². The molecule has 0 aliphatic rings. The maximum atomic E-state index is 12.1. The Hall–Kier alpha value is -2.31. The number of halogens is 1. The van der Waals surface area contributed by atoms with E-state index < -0.39 is 10.1 Å². The summed E-state index contributed by atoms with van der Waals surface area (Å²) in [6.45, 7) is 1.40. The quantitative estimate of drug-likeness (QED) is 0.572. The monoisotopic (exact) mass is 366 g/mol. The van der Waals surface area contributed by atoms with Crippen molar-refractivity contribution in [1.82, 2.24) is 0 Å². The van der Waals surface area contributed by atoms with Gasteiger partial charge in [0.15, 0.2) is 17.3 Å². The highest BCUT2D eigenvalue weighted by atomic mass is 35.5. The molecule has 2 aromatic carbocycles. The molecule has 0 N–H and O–H groups in total. The molecule has 7 heteroatoms. The minimum atomic E-state index is -3.99. The summed E-state index contributed by atoms with van der Waals surface area (Å²) in [5.41, 5.74) is 1.05. The van der Waals surface area contributed by atoms with Crippen molar-refractivity contribution in [3.05, 3.63) is 64.0 Å². The lowest BCUT2D eigenvalue weighted by molar-refractivity contribution is 0.101. The van der Waals surface area contributed by atoms with Crippen LogP contribution in [-0.4, -0.2) is 21.3 Å². The number of hydrogen-bond acceptors (Lipinski definition) is 5. The molecule has 126 valence electrons. The summed E-state index contributed by atoms with van der Waals surface area (Å²) in [4.78, 5) is 11.4. The molecule has 0 aromatic heterocycles. The Balaban J connectivity index is 2.22. The minimum absolute atomic E-state index is 0.00301. The number of hydrogen-bond donors (Lipinski definition) is 0. The van der Waals surface area contributed by atoms with Crippen LogP contribution in [0.5, 0.6) is 11.5 Å². The van der Waals surface area contributed by atoms with Crippen LogP contribution in [-0.2, 0) is 10.1 Å². The van der Waals surface area contributed by atoms with Gasteiger partial charge in [0, 0.05) is 10.6 Å². The van der Waals surface area contributed by atoms with Gasteiger partial charge in [0.1, 0.15) is 0 Å². The van der Waals surface area contributed by atoms with Crippen LogP contribution in [0.1, 0.15) is 22.8 Å². The Morgan fingerprint density at radius 3 is 2.33 bits per heavy atom. The summed E-state index contributed by atoms with van der Waals surface area (Å²) in [7, 11) is -2.62. The fourth-order valence-electron chi connectivity index (χ4n) is 1.84. The van der Waals surface area contributed by atoms with Gasteiger partial charge in [-0.05, 0) is 48.9 Å². The molecule has 0 bridgehead atoms. The summed E-state index contributed by atoms with van der Waals surface area (Å²) < 4.78 is 34.2. The van der Waals surface area contributed by atoms with Crippen LogP contribution < -0.4 is 8.92 Å². The first kappa shape index (κ1) is 18.0. The van der Waals surface area contributed by atoms with Crippen LogP contribution in [0.25, 0.3) is 6.08 Å². The first-order valence-corrected chi connectivity index (χ1v) is 8.73. The fraction of sp³-hybridized carbons (Fsp3) is 0.118. The first-order chi connectivity index (χ1) is 11.3. The van der Waals surface area contributed by atoms with Crippen molar-refractivity contribution >= 4 is 33.6 Å². The standard InChI is InChI=1S/C17H15ClO5S/c1-12(19)14-5-8-16(17(11-14)22-2)23-24(20,21)10-9-13-3-6-15(18)7-4-13/h3-11H,1-2H3/b10-9+. The zero-order valence-corrected chi connectivity index (χ0v) is 14.6. The average Bonchev–Trinajstić information content (AvgIpc) is 2.54. The highest BCUT2D eigenvalue weighted by Gasteiger charge is 2.14. The van der Waals surface area contributed by atoms with E-state index in [0.717, 1.165) is 5.41 Å². The van der Waals surface area contributed by atoms with Gasteiger partial charge in [-0.3, -0.25) is 4.79 Å². The van der Waals surface area contributed by atoms with E-state index in [-0.39, 0.29) is 17.3 Å². The first-order valence-electron chi connectivity index (χ1n) is 6.88. The molecule has 5 nitrogen and oxygen atoms in total. The molecule has 0 unspecified atom stereocenters. The molecule has 0 spiro atoms. The molecule has 2 aromatic rings. The second-order valence-corrected chi connectivity index (χ2v) is 6.71. The van der Waals surface area contributed by atoms with Gasteiger partial charge in [-0.25, -0.2) is 0 Å². The van der Waals surface area contributed by atoms with Crippen LogP contribution in [0.3, 0.4) is 0 Å². The molecule has 0 atom stereocenters. The lowest BCUT2D eigenvalue weighted by Crippen LogP contribution is -2.06. The van der Waals surface area contributed by atoms with E-state index in [1.807, 2.05) is 0 Å². The van der Waals surface area contributed by atoms with Gasteiger partial charge in [0.2, 0.25) is 0 Å². The van der Waals surface area contributed by atoms with Crippen LogP contribution in [0, 0.1) is 0 Å². The third-order valence-corrected chi connectivity index (χ3v) is 4.21. The molecule has 0 radical (unpaired) electrons. The van der Waals surface area contributed by atoms with E-state index in [1.54, 1.807) is 24.3 Å². The third kappa shape index (κ3) is 4.84. The van der Waals surface area contributed by atoms with Crippen LogP contribution >= 0.6 is 11.6 Å². The van der Waals surface area contributed by atoms with E-state index in [1.165, 1.54) is 38.3 Å². The smallest absolute Gasteiger partial charge is 0.332 e. The van der Waals surface area contributed by atoms with Crippen molar-refractivity contribution in [3.63, 3.8) is 0 Å². The lowest BCUT2D eigenvalue weighted by atomic mass is 10.1. The zero-order valence-electron chi connectivity index (χ0n) is 13.0. The molecular formula is C17H15ClO5S. The van der Waals surface area contributed by atoms with Crippen molar-refractivity contribution in [2.75, 3.05) is 7.11 Å². The van der Waals surface area contributed by atoms with Crippen molar-refractivity contribution in [1.29, 1.82) is 0 Å². The molecule has 0 heterocycles. The molecule has 2 rings (SSSR count). The summed E-state index contributed by atoms with van der Waals surface area (Å²) in [6, 6.07) is 10.9. The minimum Gasteiger partial charge on any atom is -0.493 e. The van der Waals surface area contributed by atoms with Crippen molar-refractivity contribution in [3.8, 4) is 11.5 Å². The Labute approximate surface area is 145 Å². The number of ether oxygens (including phenoxy) is 1. The Morgan fingerprint density at radius 2 is 1.75 bits per heavy atom. The Bertz CT molecular complexity index is 870. The molecule has 0 saturated carbocycles. The predicted molar refractivity (Wildman–Crippen MR) is 93.0 cm³/mol. The lowest BCUT2D eigenvalue weighted by Gasteiger charge is -2.09. The fourth-order valence-corrected chi connectivity index (χ4v) is 2.74. The summed E-state index contributed by atoms with van der Waals surface area (Å²) in [5, 5.41) is 1.50. The van der Waals surface area contributed by atoms with Gasteiger partial charge >= 0.3 is 10.1 Å². The largest absolute Gasteiger partial charge is 0.493 e. The second kappa shape index (κ2) is 7.51. The maximum absolute atomic E-state index is 12.1. The normalized spacial score (nSPS) is 11.5. The van der Waals surface area contributed by atoms with E-state index >= 15 is 0 Å². The average molecular weight is 367 g/mol. The molecule has 0 amide bonds. The number of rotatable bonds is 6. The van der Waals surface area contributed by atoms with Crippen LogP contribution in [0.2, 0.25) is 5.02 Å². The number of carbonyl (C=O) groups is 1. The molecule has 0 fully saturated rings. The van der Waals surface area contributed by atoms with E-state index in [4.69, 9.17) is 20.5 Å². The van der Waals surface area contributed by atoms with Crippen molar-refractivity contribution < 1.29 is 22.1 Å². The van der Waals surface area contributed by atoms with Gasteiger partial charge in [-0.15, -0.1) is 0 Å². The Kier molecular flexibility index (Phi) is 5.64. The van der Waals surface area contributed by atoms with Gasteiger partial charge in [0.25, 0.3) is 0 Å². The number of benzene rings is 2. The summed E-state index contributed by atoms with van der Waals surface area (Å²) >= 11 is 5.77. The molecular weight excluding hydrogens is 352 g/mol. The van der Waals surface area contributed by atoms with Crippen LogP contribution in [0.15, 0.2) is 47.9 Å². The molecule has 0 saturated heterocycles.